The molecule has 2 amide bonds. The number of nitrogens with one attached hydrogen (secondary N) is 1. The van der Waals surface area contributed by atoms with Crippen molar-refractivity contribution >= 4 is 80.8 Å². The average Bonchev–Trinajstić information content (AvgIpc) is 3.13. The highest BCUT2D eigenvalue weighted by atomic mass is 35.5. The molecule has 1 aliphatic heterocycles. The number of rotatable bonds is 7. The Balaban J connectivity index is 1.50. The van der Waals surface area contributed by atoms with Crippen LogP contribution in [0, 0.1) is 13.8 Å². The molecule has 4 rings (SSSR count). The number of anilines is 2. The van der Waals surface area contributed by atoms with Gasteiger partial charge in [-0.05, 0) is 85.1 Å². The van der Waals surface area contributed by atoms with E-state index in [-0.39, 0.29) is 29.2 Å². The van der Waals surface area contributed by atoms with Gasteiger partial charge in [-0.2, -0.15) is 0 Å². The Kier molecular flexibility index (Phi) is 8.44. The molecule has 1 saturated heterocycles. The van der Waals surface area contributed by atoms with E-state index in [4.69, 9.17) is 44.9 Å². The lowest BCUT2D eigenvalue weighted by atomic mass is 10.1. The summed E-state index contributed by atoms with van der Waals surface area (Å²) in [6, 6.07) is 15.8. The molecule has 0 spiro atoms. The van der Waals surface area contributed by atoms with Crippen molar-refractivity contribution in [3.8, 4) is 11.5 Å². The van der Waals surface area contributed by atoms with Crippen molar-refractivity contribution < 1.29 is 19.1 Å². The average molecular weight is 574 g/mol. The summed E-state index contributed by atoms with van der Waals surface area (Å²) in [5.41, 5.74) is 4.15. The third-order valence-corrected chi connectivity index (χ3v) is 7.40. The van der Waals surface area contributed by atoms with Gasteiger partial charge >= 0.3 is 0 Å². The number of thioether (sulfide) groups is 1. The van der Waals surface area contributed by atoms with Gasteiger partial charge in [0.2, 0.25) is 0 Å². The largest absolute Gasteiger partial charge is 0.493 e. The van der Waals surface area contributed by atoms with Crippen LogP contribution in [0.4, 0.5) is 11.4 Å². The van der Waals surface area contributed by atoms with E-state index < -0.39 is 0 Å². The third-order valence-electron chi connectivity index (χ3n) is 5.57. The summed E-state index contributed by atoms with van der Waals surface area (Å²) < 4.78 is 11.6. The monoisotopic (exact) mass is 572 g/mol. The number of ether oxygens (including phenoxy) is 2. The predicted octanol–water partition coefficient (Wildman–Crippen LogP) is 7.04. The Labute approximate surface area is 234 Å². The fraction of sp³-hybridized carbons (Fsp3) is 0.148. The number of benzene rings is 3. The second kappa shape index (κ2) is 11.6. The van der Waals surface area contributed by atoms with E-state index in [9.17, 15) is 9.59 Å². The molecule has 1 fully saturated rings. The summed E-state index contributed by atoms with van der Waals surface area (Å²) in [5.74, 6) is -0.0509. The van der Waals surface area contributed by atoms with Gasteiger partial charge in [0.25, 0.3) is 11.8 Å². The lowest BCUT2D eigenvalue weighted by Gasteiger charge is -2.16. The first-order valence-corrected chi connectivity index (χ1v) is 13.1. The maximum absolute atomic E-state index is 13.2. The van der Waals surface area contributed by atoms with Gasteiger partial charge in [0.15, 0.2) is 22.4 Å². The molecule has 3 aromatic rings. The normalized spacial score (nSPS) is 14.3. The second-order valence-corrected chi connectivity index (χ2v) is 10.7. The number of nitrogens with zero attached hydrogens (tertiary/aromatic N) is 1. The molecule has 1 heterocycles. The van der Waals surface area contributed by atoms with Crippen LogP contribution in [0.3, 0.4) is 0 Å². The van der Waals surface area contributed by atoms with Gasteiger partial charge in [-0.25, -0.2) is 0 Å². The second-order valence-electron chi connectivity index (χ2n) is 8.16. The third kappa shape index (κ3) is 6.27. The minimum Gasteiger partial charge on any atom is -0.493 e. The van der Waals surface area contributed by atoms with Crippen LogP contribution in [0.5, 0.6) is 11.5 Å². The number of aryl methyl sites for hydroxylation is 2. The first kappa shape index (κ1) is 27.0. The number of thiocarbonyl (C=S) groups is 1. The summed E-state index contributed by atoms with van der Waals surface area (Å²) in [4.78, 5) is 27.5. The molecule has 0 radical (unpaired) electrons. The van der Waals surface area contributed by atoms with Crippen LogP contribution in [0.25, 0.3) is 6.08 Å². The first-order chi connectivity index (χ1) is 17.7. The van der Waals surface area contributed by atoms with Crippen molar-refractivity contribution in [3.63, 3.8) is 0 Å². The fourth-order valence-electron chi connectivity index (χ4n) is 3.54. The molecule has 0 aliphatic carbocycles. The van der Waals surface area contributed by atoms with Crippen LogP contribution in [0.1, 0.15) is 16.7 Å². The van der Waals surface area contributed by atoms with Crippen LogP contribution < -0.4 is 19.7 Å². The summed E-state index contributed by atoms with van der Waals surface area (Å²) in [6.07, 6.45) is 1.70. The van der Waals surface area contributed by atoms with Crippen molar-refractivity contribution in [2.45, 2.75) is 13.8 Å². The van der Waals surface area contributed by atoms with Gasteiger partial charge < -0.3 is 14.8 Å². The Morgan fingerprint density at radius 2 is 1.81 bits per heavy atom. The van der Waals surface area contributed by atoms with Gasteiger partial charge in [-0.1, -0.05) is 53.2 Å². The molecular formula is C27H22Cl2N2O4S2. The van der Waals surface area contributed by atoms with Crippen molar-refractivity contribution in [3.05, 3.63) is 86.2 Å². The Morgan fingerprint density at radius 3 is 2.49 bits per heavy atom. The number of hydrogen-bond acceptors (Lipinski definition) is 6. The smallest absolute Gasteiger partial charge is 0.270 e. The van der Waals surface area contributed by atoms with Gasteiger partial charge in [0.1, 0.15) is 0 Å². The van der Waals surface area contributed by atoms with E-state index in [2.05, 4.69) is 5.32 Å². The van der Waals surface area contributed by atoms with Crippen LogP contribution in [0.15, 0.2) is 59.5 Å². The molecule has 10 heteroatoms. The number of carbonyl (C=O) groups is 2. The van der Waals surface area contributed by atoms with Crippen molar-refractivity contribution in [1.29, 1.82) is 0 Å². The maximum atomic E-state index is 13.2. The van der Waals surface area contributed by atoms with Crippen molar-refractivity contribution in [2.75, 3.05) is 23.9 Å². The van der Waals surface area contributed by atoms with Crippen molar-refractivity contribution in [2.24, 2.45) is 0 Å². The van der Waals surface area contributed by atoms with E-state index in [0.29, 0.717) is 31.2 Å². The Hall–Kier alpha value is -3.04. The molecule has 0 unspecified atom stereocenters. The first-order valence-electron chi connectivity index (χ1n) is 11.1. The van der Waals surface area contributed by atoms with E-state index in [1.165, 1.54) is 23.8 Å². The summed E-state index contributed by atoms with van der Waals surface area (Å²) in [6.45, 7) is 3.72. The molecule has 3 aromatic carbocycles. The number of carbonyl (C=O) groups excluding carboxylic acids is 2. The van der Waals surface area contributed by atoms with E-state index in [0.717, 1.165) is 16.8 Å². The van der Waals surface area contributed by atoms with Gasteiger partial charge in [0, 0.05) is 10.7 Å². The SMILES string of the molecule is COc1cc(/C=C2\SC(=S)N(c3ccc(C)c(C)c3)C2=O)cc(Cl)c1OCC(=O)Nc1ccc(Cl)cc1. The molecule has 37 heavy (non-hydrogen) atoms. The molecular weight excluding hydrogens is 551 g/mol. The molecule has 0 bridgehead atoms. The van der Waals surface area contributed by atoms with Crippen molar-refractivity contribution in [1.82, 2.24) is 0 Å². The minimum atomic E-state index is -0.375. The lowest BCUT2D eigenvalue weighted by molar-refractivity contribution is -0.118. The zero-order valence-corrected chi connectivity index (χ0v) is 23.3. The molecule has 0 saturated carbocycles. The molecule has 190 valence electrons. The van der Waals surface area contributed by atoms with Crippen LogP contribution in [-0.4, -0.2) is 29.9 Å². The molecule has 0 aromatic heterocycles. The van der Waals surface area contributed by atoms with E-state index >= 15 is 0 Å². The summed E-state index contributed by atoms with van der Waals surface area (Å²) in [5, 5.41) is 3.51. The summed E-state index contributed by atoms with van der Waals surface area (Å²) >= 11 is 19.0. The van der Waals surface area contributed by atoms with E-state index in [1.54, 1.807) is 42.5 Å². The zero-order valence-electron chi connectivity index (χ0n) is 20.1. The quantitative estimate of drug-likeness (QED) is 0.242. The number of hydrogen-bond donors (Lipinski definition) is 1. The van der Waals surface area contributed by atoms with E-state index in [1.807, 2.05) is 32.0 Å². The zero-order chi connectivity index (χ0) is 26.7. The summed E-state index contributed by atoms with van der Waals surface area (Å²) in [7, 11) is 1.47. The van der Waals surface area contributed by atoms with Gasteiger partial charge in [-0.3, -0.25) is 14.5 Å². The molecule has 0 atom stereocenters. The maximum Gasteiger partial charge on any atom is 0.270 e. The van der Waals surface area contributed by atoms with Gasteiger partial charge in [-0.15, -0.1) is 0 Å². The van der Waals surface area contributed by atoms with Crippen LogP contribution in [0.2, 0.25) is 10.0 Å². The molecule has 6 nitrogen and oxygen atoms in total. The highest BCUT2D eigenvalue weighted by molar-refractivity contribution is 8.27. The minimum absolute atomic E-state index is 0.215. The highest BCUT2D eigenvalue weighted by Crippen LogP contribution is 2.40. The Bertz CT molecular complexity index is 1420. The number of halogens is 2. The van der Waals surface area contributed by atoms with Crippen LogP contribution >= 0.6 is 47.2 Å². The highest BCUT2D eigenvalue weighted by Gasteiger charge is 2.33. The topological polar surface area (TPSA) is 67.9 Å². The van der Waals surface area contributed by atoms with Crippen LogP contribution in [-0.2, 0) is 9.59 Å². The molecule has 1 aliphatic rings. The molecule has 1 N–H and O–H groups in total. The standard InChI is InChI=1S/C27H22Cl2N2O4S2/c1-15-4-9-20(10-16(15)2)31-26(33)23(37-27(31)36)13-17-11-21(29)25(22(12-17)34-3)35-14-24(32)30-19-7-5-18(28)6-8-19/h4-13H,14H2,1-3H3,(H,30,32)/b23-13-. The fourth-order valence-corrected chi connectivity index (χ4v) is 5.24. The number of methoxy groups -OCH3 is 1. The Morgan fingerprint density at radius 1 is 1.08 bits per heavy atom. The van der Waals surface area contributed by atoms with Gasteiger partial charge in [0.05, 0.1) is 22.7 Å². The predicted molar refractivity (Wildman–Crippen MR) is 155 cm³/mol. The number of amides is 2. The lowest BCUT2D eigenvalue weighted by Crippen LogP contribution is -2.27.